The lowest BCUT2D eigenvalue weighted by molar-refractivity contribution is 0.293. The van der Waals surface area contributed by atoms with E-state index in [9.17, 15) is 0 Å². The van der Waals surface area contributed by atoms with E-state index in [1.54, 1.807) is 0 Å². The van der Waals surface area contributed by atoms with E-state index >= 15 is 0 Å². The second kappa shape index (κ2) is 6.97. The Morgan fingerprint density at radius 2 is 1.52 bits per heavy atom. The largest absolute Gasteiger partial charge is 0.122 e. The molecule has 1 fully saturated rings. The molecule has 0 radical (unpaired) electrons. The van der Waals surface area contributed by atoms with Gasteiger partial charge < -0.3 is 0 Å². The Hall–Kier alpha value is -1.47. The molecule has 118 valence electrons. The lowest BCUT2D eigenvalue weighted by Gasteiger charge is -2.40. The van der Waals surface area contributed by atoms with E-state index in [1.807, 2.05) is 0 Å². The molecule has 0 bridgehead atoms. The standard InChI is InChI=1S/C22H24S/c1-3-9-17(10-4-1)15-19-16-22(18-11-5-2-6-12-18)23-21-14-8-7-13-20(19)21/h1-6,9-12,16,19-21H,7-8,13-15H2/t19-,20+,21+/m0/s1. The van der Waals surface area contributed by atoms with Crippen LogP contribution in [-0.4, -0.2) is 5.25 Å². The molecule has 2 aromatic carbocycles. The van der Waals surface area contributed by atoms with Crippen molar-refractivity contribution in [3.05, 3.63) is 77.9 Å². The first-order chi connectivity index (χ1) is 11.4. The zero-order valence-corrected chi connectivity index (χ0v) is 14.3. The lowest BCUT2D eigenvalue weighted by Crippen LogP contribution is -2.32. The SMILES string of the molecule is C1=C(c2ccccc2)S[C@@H]2CCCC[C@@H]2[C@H]1Cc1ccccc1. The number of hydrogen-bond acceptors (Lipinski definition) is 1. The van der Waals surface area contributed by atoms with Crippen molar-refractivity contribution in [1.29, 1.82) is 0 Å². The smallest absolute Gasteiger partial charge is 0.0128 e. The van der Waals surface area contributed by atoms with Crippen LogP contribution >= 0.6 is 11.8 Å². The first-order valence-corrected chi connectivity index (χ1v) is 9.76. The Balaban J connectivity index is 1.65. The van der Waals surface area contributed by atoms with Crippen molar-refractivity contribution in [2.24, 2.45) is 11.8 Å². The summed E-state index contributed by atoms with van der Waals surface area (Å²) in [6, 6.07) is 22.0. The van der Waals surface area contributed by atoms with E-state index in [1.165, 1.54) is 48.1 Å². The van der Waals surface area contributed by atoms with E-state index in [0.29, 0.717) is 5.92 Å². The topological polar surface area (TPSA) is 0 Å². The Labute approximate surface area is 144 Å². The fourth-order valence-corrected chi connectivity index (χ4v) is 5.79. The highest BCUT2D eigenvalue weighted by atomic mass is 32.2. The molecular formula is C22H24S. The van der Waals surface area contributed by atoms with Crippen LogP contribution in [0.15, 0.2) is 66.7 Å². The molecule has 2 aromatic rings. The summed E-state index contributed by atoms with van der Waals surface area (Å²) >= 11 is 2.14. The predicted molar refractivity (Wildman–Crippen MR) is 101 cm³/mol. The molecule has 2 aliphatic rings. The average molecular weight is 321 g/mol. The number of fused-ring (bicyclic) bond motifs is 1. The summed E-state index contributed by atoms with van der Waals surface area (Å²) in [4.78, 5) is 1.51. The van der Waals surface area contributed by atoms with Crippen molar-refractivity contribution < 1.29 is 0 Å². The molecule has 0 saturated heterocycles. The van der Waals surface area contributed by atoms with Gasteiger partial charge in [0.05, 0.1) is 0 Å². The van der Waals surface area contributed by atoms with Gasteiger partial charge in [0.15, 0.2) is 0 Å². The highest BCUT2D eigenvalue weighted by molar-refractivity contribution is 8.08. The van der Waals surface area contributed by atoms with Crippen LogP contribution in [0.5, 0.6) is 0 Å². The third-order valence-electron chi connectivity index (χ3n) is 5.32. The van der Waals surface area contributed by atoms with Gasteiger partial charge in [0.2, 0.25) is 0 Å². The molecule has 0 amide bonds. The van der Waals surface area contributed by atoms with Crippen molar-refractivity contribution in [2.75, 3.05) is 0 Å². The van der Waals surface area contributed by atoms with Gasteiger partial charge in [0, 0.05) is 10.2 Å². The molecule has 0 aromatic heterocycles. The van der Waals surface area contributed by atoms with Crippen LogP contribution < -0.4 is 0 Å². The molecule has 0 N–H and O–H groups in total. The number of thioether (sulfide) groups is 1. The fraction of sp³-hybridized carbons (Fsp3) is 0.364. The number of benzene rings is 2. The van der Waals surface area contributed by atoms with E-state index in [-0.39, 0.29) is 0 Å². The summed E-state index contributed by atoms with van der Waals surface area (Å²) < 4.78 is 0. The van der Waals surface area contributed by atoms with Gasteiger partial charge in [-0.2, -0.15) is 0 Å². The molecule has 1 aliphatic heterocycles. The van der Waals surface area contributed by atoms with Crippen LogP contribution in [-0.2, 0) is 6.42 Å². The van der Waals surface area contributed by atoms with Crippen molar-refractivity contribution >= 4 is 16.7 Å². The Morgan fingerprint density at radius 3 is 2.30 bits per heavy atom. The highest BCUT2D eigenvalue weighted by Gasteiger charge is 2.35. The molecule has 3 atom stereocenters. The Morgan fingerprint density at radius 1 is 0.826 bits per heavy atom. The molecule has 23 heavy (non-hydrogen) atoms. The molecule has 0 unspecified atom stereocenters. The number of allylic oxidation sites excluding steroid dienone is 1. The third-order valence-corrected chi connectivity index (χ3v) is 6.83. The number of rotatable bonds is 3. The van der Waals surface area contributed by atoms with Crippen molar-refractivity contribution in [2.45, 2.75) is 37.4 Å². The lowest BCUT2D eigenvalue weighted by atomic mass is 9.76. The molecule has 0 nitrogen and oxygen atoms in total. The summed E-state index contributed by atoms with van der Waals surface area (Å²) in [5, 5.41) is 0.817. The minimum Gasteiger partial charge on any atom is -0.122 e. The monoisotopic (exact) mass is 320 g/mol. The van der Waals surface area contributed by atoms with Crippen molar-refractivity contribution in [1.82, 2.24) is 0 Å². The van der Waals surface area contributed by atoms with Gasteiger partial charge in [-0.3, -0.25) is 0 Å². The molecule has 1 saturated carbocycles. The van der Waals surface area contributed by atoms with Crippen LogP contribution in [0.4, 0.5) is 0 Å². The van der Waals surface area contributed by atoms with Crippen LogP contribution in [0.25, 0.3) is 4.91 Å². The summed E-state index contributed by atoms with van der Waals surface area (Å²) in [6.07, 6.45) is 9.41. The van der Waals surface area contributed by atoms with E-state index in [0.717, 1.165) is 11.2 Å². The van der Waals surface area contributed by atoms with Gasteiger partial charge in [-0.15, -0.1) is 11.8 Å². The van der Waals surface area contributed by atoms with Gasteiger partial charge in [-0.25, -0.2) is 0 Å². The van der Waals surface area contributed by atoms with Crippen LogP contribution in [0.2, 0.25) is 0 Å². The van der Waals surface area contributed by atoms with Gasteiger partial charge in [-0.05, 0) is 42.2 Å². The Bertz CT molecular complexity index is 659. The zero-order chi connectivity index (χ0) is 15.5. The average Bonchev–Trinajstić information content (AvgIpc) is 2.63. The molecular weight excluding hydrogens is 296 g/mol. The predicted octanol–water partition coefficient (Wildman–Crippen LogP) is 6.19. The molecule has 1 aliphatic carbocycles. The van der Waals surface area contributed by atoms with Gasteiger partial charge >= 0.3 is 0 Å². The maximum Gasteiger partial charge on any atom is 0.0128 e. The van der Waals surface area contributed by atoms with E-state index in [2.05, 4.69) is 78.5 Å². The summed E-state index contributed by atoms with van der Waals surface area (Å²) in [6.45, 7) is 0. The second-order valence-corrected chi connectivity index (χ2v) is 8.14. The zero-order valence-electron chi connectivity index (χ0n) is 13.5. The van der Waals surface area contributed by atoms with E-state index in [4.69, 9.17) is 0 Å². The molecule has 1 heterocycles. The summed E-state index contributed by atoms with van der Waals surface area (Å²) in [5.74, 6) is 1.56. The van der Waals surface area contributed by atoms with Crippen LogP contribution in [0.3, 0.4) is 0 Å². The quantitative estimate of drug-likeness (QED) is 0.649. The van der Waals surface area contributed by atoms with Crippen LogP contribution in [0, 0.1) is 11.8 Å². The Kier molecular flexibility index (Phi) is 4.57. The third kappa shape index (κ3) is 3.40. The maximum atomic E-state index is 2.58. The van der Waals surface area contributed by atoms with Crippen molar-refractivity contribution in [3.63, 3.8) is 0 Å². The molecule has 0 spiro atoms. The maximum absolute atomic E-state index is 2.58. The number of hydrogen-bond donors (Lipinski definition) is 0. The first kappa shape index (κ1) is 15.1. The normalized spacial score (nSPS) is 27.1. The first-order valence-electron chi connectivity index (χ1n) is 8.88. The minimum atomic E-state index is 0.694. The second-order valence-electron chi connectivity index (χ2n) is 6.86. The van der Waals surface area contributed by atoms with Gasteiger partial charge in [-0.1, -0.05) is 79.6 Å². The van der Waals surface area contributed by atoms with E-state index < -0.39 is 0 Å². The highest BCUT2D eigenvalue weighted by Crippen LogP contribution is 2.49. The van der Waals surface area contributed by atoms with Crippen molar-refractivity contribution in [3.8, 4) is 0 Å². The minimum absolute atomic E-state index is 0.694. The summed E-state index contributed by atoms with van der Waals surface area (Å²) in [5.41, 5.74) is 2.89. The van der Waals surface area contributed by atoms with Crippen LogP contribution in [0.1, 0.15) is 36.8 Å². The van der Waals surface area contributed by atoms with Gasteiger partial charge in [0.1, 0.15) is 0 Å². The summed E-state index contributed by atoms with van der Waals surface area (Å²) in [7, 11) is 0. The molecule has 4 rings (SSSR count). The molecule has 1 heteroatoms. The van der Waals surface area contributed by atoms with Gasteiger partial charge in [0.25, 0.3) is 0 Å². The fourth-order valence-electron chi connectivity index (χ4n) is 4.15.